The number of fused-ring (bicyclic) bond motifs is 1. The number of nitrogens with zero attached hydrogens (tertiary/aromatic N) is 2. The van der Waals surface area contributed by atoms with E-state index in [1.807, 2.05) is 12.1 Å². The van der Waals surface area contributed by atoms with E-state index in [4.69, 9.17) is 11.6 Å². The Morgan fingerprint density at radius 3 is 3.00 bits per heavy atom. The molecule has 21 heavy (non-hydrogen) atoms. The lowest BCUT2D eigenvalue weighted by atomic mass is 9.95. The maximum absolute atomic E-state index is 6.37. The Balaban J connectivity index is 1.73. The van der Waals surface area contributed by atoms with Gasteiger partial charge in [-0.2, -0.15) is 8.75 Å². The van der Waals surface area contributed by atoms with E-state index in [0.717, 1.165) is 27.7 Å². The third-order valence-electron chi connectivity index (χ3n) is 4.51. The van der Waals surface area contributed by atoms with Gasteiger partial charge in [0.15, 0.2) is 0 Å². The second-order valence-corrected chi connectivity index (χ2v) is 6.99. The molecule has 1 heterocycles. The molecule has 1 aromatic heterocycles. The lowest BCUT2D eigenvalue weighted by molar-refractivity contribution is 0.422. The monoisotopic (exact) mass is 323 g/mol. The van der Waals surface area contributed by atoms with Crippen LogP contribution < -0.4 is 5.32 Å². The van der Waals surface area contributed by atoms with Crippen molar-refractivity contribution in [2.45, 2.75) is 57.9 Å². The van der Waals surface area contributed by atoms with E-state index < -0.39 is 0 Å². The fourth-order valence-corrected chi connectivity index (χ4v) is 4.14. The molecule has 2 atom stereocenters. The van der Waals surface area contributed by atoms with Crippen LogP contribution in [0.1, 0.15) is 51.9 Å². The first-order valence-electron chi connectivity index (χ1n) is 7.95. The third-order valence-corrected chi connectivity index (χ3v) is 5.37. The van der Waals surface area contributed by atoms with Crippen molar-refractivity contribution in [3.05, 3.63) is 17.2 Å². The highest BCUT2D eigenvalue weighted by molar-refractivity contribution is 7.00. The number of halogens is 1. The topological polar surface area (TPSA) is 37.8 Å². The Kier molecular flexibility index (Phi) is 4.96. The molecule has 0 radical (unpaired) electrons. The van der Waals surface area contributed by atoms with Gasteiger partial charge in [0.05, 0.1) is 22.4 Å². The van der Waals surface area contributed by atoms with Crippen LogP contribution >= 0.6 is 23.3 Å². The second-order valence-electron chi connectivity index (χ2n) is 6.06. The molecule has 2 aromatic rings. The lowest BCUT2D eigenvalue weighted by Crippen LogP contribution is -2.19. The van der Waals surface area contributed by atoms with E-state index in [1.54, 1.807) is 0 Å². The van der Waals surface area contributed by atoms with Gasteiger partial charge < -0.3 is 5.32 Å². The first-order chi connectivity index (χ1) is 10.3. The Morgan fingerprint density at radius 1 is 1.24 bits per heavy atom. The molecule has 1 fully saturated rings. The van der Waals surface area contributed by atoms with Crippen molar-refractivity contribution in [2.24, 2.45) is 5.92 Å². The number of hydrogen-bond donors (Lipinski definition) is 1. The molecule has 2 unspecified atom stereocenters. The minimum absolute atomic E-state index is 0.511. The van der Waals surface area contributed by atoms with Crippen molar-refractivity contribution in [3.8, 4) is 0 Å². The SMILES string of the molecule is CCCC1CCCC(Nc2c(Cl)ccc3nsnc23)CC1. The van der Waals surface area contributed by atoms with Crippen LogP contribution in [-0.4, -0.2) is 14.8 Å². The molecular formula is C16H22ClN3S. The summed E-state index contributed by atoms with van der Waals surface area (Å²) in [6.45, 7) is 2.29. The predicted octanol–water partition coefficient (Wildman–Crippen LogP) is 5.51. The summed E-state index contributed by atoms with van der Waals surface area (Å²) in [5.74, 6) is 0.911. The zero-order chi connectivity index (χ0) is 14.7. The number of nitrogens with one attached hydrogen (secondary N) is 1. The van der Waals surface area contributed by atoms with Crippen LogP contribution in [0.2, 0.25) is 5.02 Å². The number of aromatic nitrogens is 2. The van der Waals surface area contributed by atoms with Gasteiger partial charge in [-0.25, -0.2) is 0 Å². The van der Waals surface area contributed by atoms with E-state index >= 15 is 0 Å². The number of hydrogen-bond acceptors (Lipinski definition) is 4. The van der Waals surface area contributed by atoms with E-state index in [1.165, 1.54) is 56.7 Å². The summed E-state index contributed by atoms with van der Waals surface area (Å²) in [6.07, 6.45) is 9.15. The second kappa shape index (κ2) is 6.93. The van der Waals surface area contributed by atoms with E-state index in [0.29, 0.717) is 6.04 Å². The summed E-state index contributed by atoms with van der Waals surface area (Å²) in [6, 6.07) is 4.37. The zero-order valence-corrected chi connectivity index (χ0v) is 14.0. The summed E-state index contributed by atoms with van der Waals surface area (Å²) >= 11 is 7.62. The van der Waals surface area contributed by atoms with Gasteiger partial charge in [-0.15, -0.1) is 0 Å². The molecule has 114 valence electrons. The molecule has 1 aliphatic carbocycles. The molecule has 0 amide bonds. The minimum Gasteiger partial charge on any atom is -0.379 e. The minimum atomic E-state index is 0.511. The smallest absolute Gasteiger partial charge is 0.129 e. The van der Waals surface area contributed by atoms with Gasteiger partial charge in [0.2, 0.25) is 0 Å². The molecule has 1 N–H and O–H groups in total. The van der Waals surface area contributed by atoms with Crippen LogP contribution in [0.15, 0.2) is 12.1 Å². The fourth-order valence-electron chi connectivity index (χ4n) is 3.39. The van der Waals surface area contributed by atoms with Crippen molar-refractivity contribution in [1.29, 1.82) is 0 Å². The van der Waals surface area contributed by atoms with E-state index in [2.05, 4.69) is 21.0 Å². The van der Waals surface area contributed by atoms with Gasteiger partial charge >= 0.3 is 0 Å². The highest BCUT2D eigenvalue weighted by Crippen LogP contribution is 2.33. The first kappa shape index (κ1) is 15.0. The van der Waals surface area contributed by atoms with Gasteiger partial charge in [-0.3, -0.25) is 0 Å². The molecule has 1 saturated carbocycles. The van der Waals surface area contributed by atoms with E-state index in [-0.39, 0.29) is 0 Å². The average molecular weight is 324 g/mol. The molecular weight excluding hydrogens is 302 g/mol. The Bertz CT molecular complexity index is 598. The van der Waals surface area contributed by atoms with Crippen LogP contribution in [0.3, 0.4) is 0 Å². The molecule has 0 spiro atoms. The maximum Gasteiger partial charge on any atom is 0.129 e. The quantitative estimate of drug-likeness (QED) is 0.754. The molecule has 1 aromatic carbocycles. The molecule has 5 heteroatoms. The van der Waals surface area contributed by atoms with Crippen molar-refractivity contribution >= 4 is 40.0 Å². The van der Waals surface area contributed by atoms with E-state index in [9.17, 15) is 0 Å². The van der Waals surface area contributed by atoms with Gasteiger partial charge in [0, 0.05) is 6.04 Å². The highest BCUT2D eigenvalue weighted by Gasteiger charge is 2.20. The van der Waals surface area contributed by atoms with Crippen molar-refractivity contribution in [2.75, 3.05) is 5.32 Å². The van der Waals surface area contributed by atoms with Crippen molar-refractivity contribution < 1.29 is 0 Å². The maximum atomic E-state index is 6.37. The van der Waals surface area contributed by atoms with Crippen LogP contribution in [0.25, 0.3) is 11.0 Å². The summed E-state index contributed by atoms with van der Waals surface area (Å²) in [7, 11) is 0. The molecule has 0 aliphatic heterocycles. The summed E-state index contributed by atoms with van der Waals surface area (Å²) in [5.41, 5.74) is 2.83. The van der Waals surface area contributed by atoms with Crippen LogP contribution in [-0.2, 0) is 0 Å². The Hall–Kier alpha value is -0.870. The molecule has 0 saturated heterocycles. The summed E-state index contributed by atoms with van der Waals surface area (Å²) < 4.78 is 8.70. The molecule has 0 bridgehead atoms. The van der Waals surface area contributed by atoms with Gasteiger partial charge in [0.25, 0.3) is 0 Å². The van der Waals surface area contributed by atoms with Crippen molar-refractivity contribution in [1.82, 2.24) is 8.75 Å². The summed E-state index contributed by atoms with van der Waals surface area (Å²) in [4.78, 5) is 0. The van der Waals surface area contributed by atoms with Crippen molar-refractivity contribution in [3.63, 3.8) is 0 Å². The standard InChI is InChI=1S/C16H22ClN3S/c1-2-4-11-5-3-6-12(8-7-11)18-15-13(17)9-10-14-16(15)20-21-19-14/h9-12,18H,2-8H2,1H3. The molecule has 3 rings (SSSR count). The third kappa shape index (κ3) is 3.49. The van der Waals surface area contributed by atoms with Crippen LogP contribution in [0, 0.1) is 5.92 Å². The molecule has 3 nitrogen and oxygen atoms in total. The first-order valence-corrected chi connectivity index (χ1v) is 9.06. The largest absolute Gasteiger partial charge is 0.379 e. The lowest BCUT2D eigenvalue weighted by Gasteiger charge is -2.19. The fraction of sp³-hybridized carbons (Fsp3) is 0.625. The number of anilines is 1. The van der Waals surface area contributed by atoms with Gasteiger partial charge in [-0.1, -0.05) is 44.2 Å². The number of benzene rings is 1. The molecule has 1 aliphatic rings. The zero-order valence-electron chi connectivity index (χ0n) is 12.4. The number of rotatable bonds is 4. The Labute approximate surface area is 135 Å². The normalized spacial score (nSPS) is 23.1. The highest BCUT2D eigenvalue weighted by atomic mass is 35.5. The van der Waals surface area contributed by atoms with Gasteiger partial charge in [-0.05, 0) is 37.3 Å². The van der Waals surface area contributed by atoms with Gasteiger partial charge in [0.1, 0.15) is 11.0 Å². The Morgan fingerprint density at radius 2 is 2.14 bits per heavy atom. The average Bonchev–Trinajstić information content (AvgIpc) is 2.85. The summed E-state index contributed by atoms with van der Waals surface area (Å²) in [5, 5.41) is 4.41. The van der Waals surface area contributed by atoms with Crippen LogP contribution in [0.5, 0.6) is 0 Å². The predicted molar refractivity (Wildman–Crippen MR) is 91.3 cm³/mol. The van der Waals surface area contributed by atoms with Crippen LogP contribution in [0.4, 0.5) is 5.69 Å².